The maximum absolute atomic E-state index is 13.0. The first-order valence-electron chi connectivity index (χ1n) is 12.8. The van der Waals surface area contributed by atoms with E-state index in [9.17, 15) is 14.7 Å². The second-order valence-electron chi connectivity index (χ2n) is 9.92. The smallest absolute Gasteiger partial charge is 0.255 e. The van der Waals surface area contributed by atoms with Gasteiger partial charge in [0.2, 0.25) is 5.91 Å². The third kappa shape index (κ3) is 6.85. The van der Waals surface area contributed by atoms with Crippen LogP contribution in [0.3, 0.4) is 0 Å². The standard InChI is InChI=1S/C29H40N2O4/c1-4-21(2)25(19-32)31-27(33)18-22-14-16-29(17-15-22,23-10-6-5-7-11-23)20-30-28(34)24-12-8-9-13-26(24)35-3/h5-13,21-22,25,32H,4,14-20H2,1-3H3,(H,30,34)(H,31,33)/t21-,22?,25?,29?/m1/s1. The molecule has 0 radical (unpaired) electrons. The van der Waals surface area contributed by atoms with Crippen LogP contribution in [0.4, 0.5) is 0 Å². The number of carbonyl (C=O) groups is 2. The summed E-state index contributed by atoms with van der Waals surface area (Å²) in [6.45, 7) is 4.62. The van der Waals surface area contributed by atoms with Gasteiger partial charge in [-0.05, 0) is 55.2 Å². The largest absolute Gasteiger partial charge is 0.496 e. The van der Waals surface area contributed by atoms with Crippen molar-refractivity contribution in [1.29, 1.82) is 0 Å². The number of aliphatic hydroxyl groups is 1. The summed E-state index contributed by atoms with van der Waals surface area (Å²) >= 11 is 0. The number of aliphatic hydroxyl groups excluding tert-OH is 1. The second kappa shape index (κ2) is 12.7. The minimum Gasteiger partial charge on any atom is -0.496 e. The molecule has 2 aromatic carbocycles. The molecule has 6 heteroatoms. The van der Waals surface area contributed by atoms with E-state index in [4.69, 9.17) is 4.74 Å². The van der Waals surface area contributed by atoms with Crippen LogP contribution < -0.4 is 15.4 Å². The fourth-order valence-electron chi connectivity index (χ4n) is 5.15. The van der Waals surface area contributed by atoms with E-state index >= 15 is 0 Å². The quantitative estimate of drug-likeness (QED) is 0.443. The number of hydrogen-bond acceptors (Lipinski definition) is 4. The summed E-state index contributed by atoms with van der Waals surface area (Å²) in [5.74, 6) is 0.985. The number of rotatable bonds is 11. The van der Waals surface area contributed by atoms with Crippen LogP contribution in [0.1, 0.15) is 68.3 Å². The Morgan fingerprint density at radius 2 is 1.74 bits per heavy atom. The highest BCUT2D eigenvalue weighted by molar-refractivity contribution is 5.97. The Hall–Kier alpha value is -2.86. The Labute approximate surface area is 209 Å². The Morgan fingerprint density at radius 1 is 1.09 bits per heavy atom. The first kappa shape index (κ1) is 26.7. The average Bonchev–Trinajstić information content (AvgIpc) is 2.91. The molecule has 35 heavy (non-hydrogen) atoms. The fraction of sp³-hybridized carbons (Fsp3) is 0.517. The van der Waals surface area contributed by atoms with Crippen molar-refractivity contribution in [3.8, 4) is 5.75 Å². The minimum absolute atomic E-state index is 0.0195. The number of para-hydroxylation sites is 1. The fourth-order valence-corrected chi connectivity index (χ4v) is 5.15. The van der Waals surface area contributed by atoms with Crippen molar-refractivity contribution in [3.63, 3.8) is 0 Å². The van der Waals surface area contributed by atoms with Gasteiger partial charge >= 0.3 is 0 Å². The van der Waals surface area contributed by atoms with E-state index in [1.165, 1.54) is 5.56 Å². The van der Waals surface area contributed by atoms with Gasteiger partial charge in [0.15, 0.2) is 0 Å². The number of nitrogens with one attached hydrogen (secondary N) is 2. The molecule has 0 aliphatic heterocycles. The number of methoxy groups -OCH3 is 1. The van der Waals surface area contributed by atoms with E-state index in [-0.39, 0.29) is 35.8 Å². The topological polar surface area (TPSA) is 87.7 Å². The molecule has 3 N–H and O–H groups in total. The maximum Gasteiger partial charge on any atom is 0.255 e. The van der Waals surface area contributed by atoms with Crippen LogP contribution in [0.25, 0.3) is 0 Å². The highest BCUT2D eigenvalue weighted by Gasteiger charge is 2.38. The lowest BCUT2D eigenvalue weighted by Gasteiger charge is -2.41. The van der Waals surface area contributed by atoms with Crippen molar-refractivity contribution in [1.82, 2.24) is 10.6 Å². The van der Waals surface area contributed by atoms with Gasteiger partial charge in [-0.15, -0.1) is 0 Å². The summed E-state index contributed by atoms with van der Waals surface area (Å²) in [7, 11) is 1.57. The van der Waals surface area contributed by atoms with Gasteiger partial charge in [-0.1, -0.05) is 62.7 Å². The molecular formula is C29H40N2O4. The Kier molecular flexibility index (Phi) is 9.73. The van der Waals surface area contributed by atoms with Gasteiger partial charge in [0.05, 0.1) is 25.3 Å². The number of hydrogen-bond donors (Lipinski definition) is 3. The normalized spacial score (nSPS) is 21.5. The number of amides is 2. The van der Waals surface area contributed by atoms with Crippen molar-refractivity contribution in [2.75, 3.05) is 20.3 Å². The van der Waals surface area contributed by atoms with E-state index in [0.29, 0.717) is 30.2 Å². The monoisotopic (exact) mass is 480 g/mol. The Bertz CT molecular complexity index is 954. The Balaban J connectivity index is 1.65. The van der Waals surface area contributed by atoms with Crippen LogP contribution >= 0.6 is 0 Å². The van der Waals surface area contributed by atoms with E-state index in [0.717, 1.165) is 32.1 Å². The summed E-state index contributed by atoms with van der Waals surface area (Å²) < 4.78 is 5.36. The SMILES string of the molecule is CC[C@@H](C)C(CO)NC(=O)CC1CCC(CNC(=O)c2ccccc2OC)(c2ccccc2)CC1. The van der Waals surface area contributed by atoms with Crippen LogP contribution in [0.5, 0.6) is 5.75 Å². The molecule has 190 valence electrons. The van der Waals surface area contributed by atoms with E-state index in [1.54, 1.807) is 19.2 Å². The summed E-state index contributed by atoms with van der Waals surface area (Å²) in [6, 6.07) is 17.4. The van der Waals surface area contributed by atoms with Crippen molar-refractivity contribution >= 4 is 11.8 Å². The Morgan fingerprint density at radius 3 is 2.37 bits per heavy atom. The molecule has 2 aromatic rings. The summed E-state index contributed by atoms with van der Waals surface area (Å²) in [6.07, 6.45) is 5.02. The molecule has 1 unspecified atom stereocenters. The molecule has 0 spiro atoms. The van der Waals surface area contributed by atoms with E-state index in [1.807, 2.05) is 30.3 Å². The molecule has 1 aliphatic carbocycles. The van der Waals surface area contributed by atoms with Crippen molar-refractivity contribution in [3.05, 3.63) is 65.7 Å². The minimum atomic E-state index is -0.190. The zero-order valence-electron chi connectivity index (χ0n) is 21.3. The molecule has 0 saturated heterocycles. The molecule has 0 heterocycles. The molecule has 1 saturated carbocycles. The lowest BCUT2D eigenvalue weighted by Crippen LogP contribution is -2.45. The maximum atomic E-state index is 13.0. The number of ether oxygens (including phenoxy) is 1. The molecule has 2 amide bonds. The first-order valence-corrected chi connectivity index (χ1v) is 12.8. The molecule has 1 fully saturated rings. The van der Waals surface area contributed by atoms with Crippen molar-refractivity contribution in [2.45, 2.75) is 63.8 Å². The molecule has 0 aromatic heterocycles. The van der Waals surface area contributed by atoms with Crippen molar-refractivity contribution < 1.29 is 19.4 Å². The van der Waals surface area contributed by atoms with Crippen LogP contribution in [0.2, 0.25) is 0 Å². The zero-order valence-corrected chi connectivity index (χ0v) is 21.3. The zero-order chi connectivity index (χ0) is 25.3. The average molecular weight is 481 g/mol. The van der Waals surface area contributed by atoms with Gasteiger partial charge in [-0.3, -0.25) is 9.59 Å². The number of carbonyl (C=O) groups excluding carboxylic acids is 2. The predicted molar refractivity (Wildman–Crippen MR) is 138 cm³/mol. The van der Waals surface area contributed by atoms with Gasteiger partial charge in [0.25, 0.3) is 5.91 Å². The summed E-state index contributed by atoms with van der Waals surface area (Å²) in [5, 5.41) is 15.8. The molecule has 0 bridgehead atoms. The molecular weight excluding hydrogens is 440 g/mol. The highest BCUT2D eigenvalue weighted by atomic mass is 16.5. The summed E-state index contributed by atoms with van der Waals surface area (Å²) in [5.41, 5.74) is 1.58. The van der Waals surface area contributed by atoms with Gasteiger partial charge < -0.3 is 20.5 Å². The first-order chi connectivity index (χ1) is 16.9. The lowest BCUT2D eigenvalue weighted by atomic mass is 9.66. The van der Waals surface area contributed by atoms with Gasteiger partial charge in [-0.2, -0.15) is 0 Å². The van der Waals surface area contributed by atoms with Crippen molar-refractivity contribution in [2.24, 2.45) is 11.8 Å². The van der Waals surface area contributed by atoms with Gasteiger partial charge in [-0.25, -0.2) is 0 Å². The molecule has 2 atom stereocenters. The van der Waals surface area contributed by atoms with Gasteiger partial charge in [0, 0.05) is 18.4 Å². The molecule has 3 rings (SSSR count). The third-order valence-corrected chi connectivity index (χ3v) is 7.74. The number of benzene rings is 2. The van der Waals surface area contributed by atoms with Crippen LogP contribution in [-0.4, -0.2) is 43.2 Å². The molecule has 1 aliphatic rings. The van der Waals surface area contributed by atoms with E-state index < -0.39 is 0 Å². The highest BCUT2D eigenvalue weighted by Crippen LogP contribution is 2.42. The van der Waals surface area contributed by atoms with Crippen LogP contribution in [0.15, 0.2) is 54.6 Å². The van der Waals surface area contributed by atoms with Gasteiger partial charge in [0.1, 0.15) is 5.75 Å². The lowest BCUT2D eigenvalue weighted by molar-refractivity contribution is -0.123. The summed E-state index contributed by atoms with van der Waals surface area (Å²) in [4.78, 5) is 25.7. The third-order valence-electron chi connectivity index (χ3n) is 7.74. The van der Waals surface area contributed by atoms with Crippen LogP contribution in [0, 0.1) is 11.8 Å². The second-order valence-corrected chi connectivity index (χ2v) is 9.92. The van der Waals surface area contributed by atoms with E-state index in [2.05, 4.69) is 36.6 Å². The van der Waals surface area contributed by atoms with Crippen LogP contribution in [-0.2, 0) is 10.2 Å². The molecule has 6 nitrogen and oxygen atoms in total. The predicted octanol–water partition coefficient (Wildman–Crippen LogP) is 4.47.